The number of carbonyl (C=O) groups excluding carboxylic acids is 1. The molecule has 18 heteroatoms. The molecule has 2 saturated heterocycles. The fraction of sp³-hybridized carbons (Fsp3) is 0.378. The van der Waals surface area contributed by atoms with Gasteiger partial charge in [0.15, 0.2) is 0 Å². The minimum absolute atomic E-state index is 0.0795. The van der Waals surface area contributed by atoms with Crippen LogP contribution in [-0.2, 0) is 24.1 Å². The molecule has 1 amide bonds. The summed E-state index contributed by atoms with van der Waals surface area (Å²) in [6.45, 7) is 11.3. The number of nitro benzene ring substituents is 1. The smallest absolute Gasteiger partial charge is 0.293 e. The number of hydrogen-bond donors (Lipinski definition) is 3. The molecule has 63 heavy (non-hydrogen) atoms. The van der Waals surface area contributed by atoms with E-state index in [0.717, 1.165) is 56.0 Å². The molecule has 2 atom stereocenters. The first kappa shape index (κ1) is 44.5. The van der Waals surface area contributed by atoms with Gasteiger partial charge < -0.3 is 29.2 Å². The van der Waals surface area contributed by atoms with Crippen LogP contribution in [0.15, 0.2) is 95.7 Å². The van der Waals surface area contributed by atoms with Crippen molar-refractivity contribution in [1.82, 2.24) is 19.6 Å². The van der Waals surface area contributed by atoms with Gasteiger partial charge >= 0.3 is 0 Å². The number of nitrogens with one attached hydrogen (secondary N) is 3. The number of benzene rings is 3. The van der Waals surface area contributed by atoms with Gasteiger partial charge in [0.05, 0.1) is 41.3 Å². The molecule has 1 aliphatic carbocycles. The Hall–Kier alpha value is -5.09. The summed E-state index contributed by atoms with van der Waals surface area (Å²) in [5.41, 5.74) is 5.07. The van der Waals surface area contributed by atoms with Crippen molar-refractivity contribution in [1.29, 1.82) is 0 Å². The molecule has 4 heterocycles. The summed E-state index contributed by atoms with van der Waals surface area (Å²) in [6.07, 6.45) is 6.02. The fourth-order valence-electron chi connectivity index (χ4n) is 8.55. The van der Waals surface area contributed by atoms with Crippen LogP contribution in [0.25, 0.3) is 16.6 Å². The third-order valence-corrected chi connectivity index (χ3v) is 16.3. The molecular weight excluding hydrogens is 865 g/mol. The van der Waals surface area contributed by atoms with E-state index in [9.17, 15) is 23.3 Å². The summed E-state index contributed by atoms with van der Waals surface area (Å²) in [5.74, 6) is -1.03. The first-order chi connectivity index (χ1) is 30.1. The Kier molecular flexibility index (Phi) is 12.8. The number of H-pyrrole nitrogens is 1. The molecule has 0 spiro atoms. The van der Waals surface area contributed by atoms with Crippen LogP contribution in [0.1, 0.15) is 49.0 Å². The summed E-state index contributed by atoms with van der Waals surface area (Å²) in [4.78, 5) is 37.2. The van der Waals surface area contributed by atoms with Crippen molar-refractivity contribution in [2.24, 2.45) is 5.41 Å². The molecule has 5 aromatic rings. The Morgan fingerprint density at radius 1 is 1.05 bits per heavy atom. The summed E-state index contributed by atoms with van der Waals surface area (Å²) in [7, 11) is -8.27. The average Bonchev–Trinajstić information content (AvgIpc) is 3.75. The lowest BCUT2D eigenvalue weighted by molar-refractivity contribution is -0.384. The first-order valence-corrected chi connectivity index (χ1v) is 25.0. The number of aromatic amines is 1. The Morgan fingerprint density at radius 3 is 2.56 bits per heavy atom. The second kappa shape index (κ2) is 18.2. The van der Waals surface area contributed by atoms with Crippen LogP contribution in [0.3, 0.4) is 0 Å². The second-order valence-electron chi connectivity index (χ2n) is 17.2. The number of rotatable bonds is 13. The lowest BCUT2D eigenvalue weighted by Gasteiger charge is -2.39. The van der Waals surface area contributed by atoms with Crippen LogP contribution >= 0.6 is 18.7 Å². The first-order valence-electron chi connectivity index (χ1n) is 21.0. The molecule has 3 N–H and O–H groups in total. The molecule has 1 unspecified atom stereocenters. The topological polar surface area (TPSA) is 189 Å². The van der Waals surface area contributed by atoms with Gasteiger partial charge in [-0.1, -0.05) is 43.2 Å². The van der Waals surface area contributed by atoms with E-state index >= 15 is 4.57 Å². The zero-order valence-corrected chi connectivity index (χ0v) is 37.9. The zero-order valence-electron chi connectivity index (χ0n) is 35.4. The number of ether oxygens (including phenoxy) is 2. The molecule has 3 aliphatic rings. The van der Waals surface area contributed by atoms with Gasteiger partial charge in [0.2, 0.25) is 0 Å². The predicted octanol–water partition coefficient (Wildman–Crippen LogP) is 6.80. The van der Waals surface area contributed by atoms with E-state index < -0.39 is 38.6 Å². The van der Waals surface area contributed by atoms with E-state index in [1.54, 1.807) is 31.1 Å². The van der Waals surface area contributed by atoms with Gasteiger partial charge in [0.25, 0.3) is 21.6 Å². The van der Waals surface area contributed by atoms with Crippen molar-refractivity contribution in [2.75, 3.05) is 76.0 Å². The SMILES string of the molecule is CC1(C)CCC(CN2CCN(c3ccc(C(=O)NS(=O)(=O)c4ccc(NC[C@H]5COCCO5)c([N+](=O)[O-])c4)c(P(C)(=O)c4cnc5[nH]ccc5c4)c3)CC2)=C(c2ccc(Cl)cc2)C1. The Labute approximate surface area is 371 Å². The summed E-state index contributed by atoms with van der Waals surface area (Å²) in [6, 6.07) is 20.0. The average molecular weight is 916 g/mol. The maximum absolute atomic E-state index is 15.1. The van der Waals surface area contributed by atoms with E-state index in [-0.39, 0.29) is 34.6 Å². The van der Waals surface area contributed by atoms with Gasteiger partial charge in [0, 0.05) is 84.4 Å². The molecule has 2 fully saturated rings. The van der Waals surface area contributed by atoms with Crippen LogP contribution in [0, 0.1) is 15.5 Å². The second-order valence-corrected chi connectivity index (χ2v) is 22.2. The molecule has 3 aromatic carbocycles. The summed E-state index contributed by atoms with van der Waals surface area (Å²) >= 11 is 6.24. The van der Waals surface area contributed by atoms with E-state index in [1.165, 1.54) is 41.1 Å². The standard InChI is InChI=1S/C45H51ClN7O8PS/c1-45(2)14-12-32(39(25-45)30-4-6-33(46)7-5-30)28-51-16-18-52(19-17-51)34-8-10-38(42(23-34)62(3,57)36-22-31-13-15-47-43(31)49-27-36)44(54)50-63(58,59)37-9-11-40(41(24-37)53(55)56)48-26-35-29-60-20-21-61-35/h4-11,13,15,22-24,27,35,48H,12,14,16-21,25-26,28-29H2,1-3H3,(H,47,49)(H,50,54)/t35-,62?/m0/s1. The third kappa shape index (κ3) is 10.0. The predicted molar refractivity (Wildman–Crippen MR) is 247 cm³/mol. The van der Waals surface area contributed by atoms with Gasteiger partial charge in [-0.3, -0.25) is 19.8 Å². The van der Waals surface area contributed by atoms with Crippen LogP contribution in [-0.4, -0.2) is 106 Å². The van der Waals surface area contributed by atoms with Gasteiger partial charge in [-0.15, -0.1) is 0 Å². The number of halogens is 1. The van der Waals surface area contributed by atoms with E-state index in [4.69, 9.17) is 21.1 Å². The largest absolute Gasteiger partial charge is 0.377 e. The zero-order chi connectivity index (χ0) is 44.5. The van der Waals surface area contributed by atoms with Crippen LogP contribution in [0.4, 0.5) is 17.1 Å². The van der Waals surface area contributed by atoms with Gasteiger partial charge in [0.1, 0.15) is 18.5 Å². The number of allylic oxidation sites excluding steroid dienone is 1. The number of nitro groups is 1. The lowest BCUT2D eigenvalue weighted by Crippen LogP contribution is -2.47. The number of fused-ring (bicyclic) bond motifs is 1. The molecular formula is C45H51ClN7O8PS. The number of sulfonamides is 1. The van der Waals surface area contributed by atoms with Gasteiger partial charge in [-0.25, -0.2) is 18.1 Å². The lowest BCUT2D eigenvalue weighted by atomic mass is 9.72. The van der Waals surface area contributed by atoms with E-state index in [0.29, 0.717) is 48.9 Å². The van der Waals surface area contributed by atoms with Crippen molar-refractivity contribution in [3.8, 4) is 0 Å². The molecule has 2 aromatic heterocycles. The van der Waals surface area contributed by atoms with Crippen molar-refractivity contribution in [3.63, 3.8) is 0 Å². The number of aromatic nitrogens is 2. The molecule has 332 valence electrons. The summed E-state index contributed by atoms with van der Waals surface area (Å²) < 4.78 is 55.7. The molecule has 8 rings (SSSR count). The molecule has 2 aliphatic heterocycles. The van der Waals surface area contributed by atoms with Gasteiger partial charge in [-0.2, -0.15) is 0 Å². The number of nitrogens with zero attached hydrogens (tertiary/aromatic N) is 4. The van der Waals surface area contributed by atoms with Crippen molar-refractivity contribution in [3.05, 3.63) is 117 Å². The van der Waals surface area contributed by atoms with Gasteiger partial charge in [-0.05, 0) is 97.1 Å². The van der Waals surface area contributed by atoms with Crippen LogP contribution in [0.2, 0.25) is 5.02 Å². The van der Waals surface area contributed by atoms with Crippen molar-refractivity contribution < 1.29 is 32.2 Å². The maximum Gasteiger partial charge on any atom is 0.293 e. The Bertz CT molecular complexity index is 2730. The minimum Gasteiger partial charge on any atom is -0.377 e. The summed E-state index contributed by atoms with van der Waals surface area (Å²) in [5, 5.41) is 17.0. The molecule has 0 saturated carbocycles. The number of amides is 1. The third-order valence-electron chi connectivity index (χ3n) is 12.2. The van der Waals surface area contributed by atoms with Crippen molar-refractivity contribution in [2.45, 2.75) is 44.1 Å². The van der Waals surface area contributed by atoms with E-state index in [2.05, 4.69) is 55.8 Å². The quantitative estimate of drug-likeness (QED) is 0.0638. The van der Waals surface area contributed by atoms with E-state index in [1.807, 2.05) is 18.2 Å². The number of anilines is 2. The molecule has 0 bridgehead atoms. The highest BCUT2D eigenvalue weighted by molar-refractivity contribution is 7.90. The normalized spacial score (nSPS) is 19.4. The van der Waals surface area contributed by atoms with Crippen LogP contribution in [0.5, 0.6) is 0 Å². The number of carbonyl (C=O) groups is 1. The highest BCUT2D eigenvalue weighted by Gasteiger charge is 2.33. The molecule has 0 radical (unpaired) electrons. The fourth-order valence-corrected chi connectivity index (χ4v) is 11.6. The van der Waals surface area contributed by atoms with Crippen LogP contribution < -0.4 is 25.5 Å². The highest BCUT2D eigenvalue weighted by atomic mass is 35.5. The number of piperazine rings is 1. The highest BCUT2D eigenvalue weighted by Crippen LogP contribution is 2.44. The number of pyridine rings is 1. The number of hydrogen-bond acceptors (Lipinski definition) is 12. The van der Waals surface area contributed by atoms with Crippen molar-refractivity contribution >= 4 is 79.0 Å². The maximum atomic E-state index is 15.1. The Balaban J connectivity index is 1.04. The monoisotopic (exact) mass is 915 g/mol. The Morgan fingerprint density at radius 2 is 1.83 bits per heavy atom. The molecule has 15 nitrogen and oxygen atoms in total. The minimum atomic E-state index is -4.65.